The Morgan fingerprint density at radius 2 is 2.07 bits per heavy atom. The van der Waals surface area contributed by atoms with E-state index in [1.165, 1.54) is 5.56 Å². The highest BCUT2D eigenvalue weighted by molar-refractivity contribution is 5.36. The van der Waals surface area contributed by atoms with Crippen molar-refractivity contribution in [2.75, 3.05) is 20.3 Å². The Hall–Kier alpha value is -1.06. The van der Waals surface area contributed by atoms with Crippen LogP contribution in [0.3, 0.4) is 0 Å². The molecule has 3 heteroatoms. The number of aryl methyl sites for hydroxylation is 1. The van der Waals surface area contributed by atoms with Crippen molar-refractivity contribution in [3.63, 3.8) is 0 Å². The standard InChI is InChI=1S/C11H17NO2/c1-9-3-4-10(8-12)11(7-9)14-6-5-13-2/h3-4,7H,5-6,8,12H2,1-2H3. The first-order chi connectivity index (χ1) is 6.77. The number of hydrogen-bond acceptors (Lipinski definition) is 3. The summed E-state index contributed by atoms with van der Waals surface area (Å²) in [5, 5.41) is 0. The minimum absolute atomic E-state index is 0.503. The van der Waals surface area contributed by atoms with Gasteiger partial charge in [-0.25, -0.2) is 0 Å². The molecule has 0 atom stereocenters. The number of methoxy groups -OCH3 is 1. The molecule has 0 heterocycles. The number of hydrogen-bond donors (Lipinski definition) is 1. The molecule has 78 valence electrons. The molecule has 0 spiro atoms. The molecule has 2 N–H and O–H groups in total. The van der Waals surface area contributed by atoms with E-state index in [1.807, 2.05) is 25.1 Å². The van der Waals surface area contributed by atoms with Gasteiger partial charge in [0.2, 0.25) is 0 Å². The fraction of sp³-hybridized carbons (Fsp3) is 0.455. The average molecular weight is 195 g/mol. The summed E-state index contributed by atoms with van der Waals surface area (Å²) in [5.41, 5.74) is 7.80. The molecule has 0 aromatic heterocycles. The van der Waals surface area contributed by atoms with Crippen LogP contribution in [-0.2, 0) is 11.3 Å². The molecule has 0 bridgehead atoms. The zero-order chi connectivity index (χ0) is 10.4. The van der Waals surface area contributed by atoms with Crippen molar-refractivity contribution in [3.05, 3.63) is 29.3 Å². The predicted molar refractivity (Wildman–Crippen MR) is 56.4 cm³/mol. The van der Waals surface area contributed by atoms with Gasteiger partial charge < -0.3 is 15.2 Å². The third kappa shape index (κ3) is 3.01. The van der Waals surface area contributed by atoms with Gasteiger partial charge in [-0.05, 0) is 18.6 Å². The van der Waals surface area contributed by atoms with Crippen LogP contribution in [0.4, 0.5) is 0 Å². The van der Waals surface area contributed by atoms with Gasteiger partial charge in [0.15, 0.2) is 0 Å². The van der Waals surface area contributed by atoms with Crippen LogP contribution in [0, 0.1) is 6.92 Å². The Morgan fingerprint density at radius 3 is 2.71 bits per heavy atom. The van der Waals surface area contributed by atoms with E-state index in [4.69, 9.17) is 15.2 Å². The SMILES string of the molecule is COCCOc1cc(C)ccc1CN. The molecule has 0 saturated heterocycles. The summed E-state index contributed by atoms with van der Waals surface area (Å²) in [6, 6.07) is 6.03. The third-order valence-electron chi connectivity index (χ3n) is 1.99. The van der Waals surface area contributed by atoms with Crippen LogP contribution in [0.1, 0.15) is 11.1 Å². The van der Waals surface area contributed by atoms with Crippen molar-refractivity contribution >= 4 is 0 Å². The van der Waals surface area contributed by atoms with Crippen LogP contribution < -0.4 is 10.5 Å². The minimum atomic E-state index is 0.503. The van der Waals surface area contributed by atoms with Gasteiger partial charge >= 0.3 is 0 Å². The highest BCUT2D eigenvalue weighted by atomic mass is 16.5. The molecule has 1 aromatic carbocycles. The van der Waals surface area contributed by atoms with Gasteiger partial charge in [-0.15, -0.1) is 0 Å². The van der Waals surface area contributed by atoms with E-state index in [0.717, 1.165) is 11.3 Å². The van der Waals surface area contributed by atoms with Gasteiger partial charge in [0.25, 0.3) is 0 Å². The maximum absolute atomic E-state index is 5.59. The second kappa shape index (κ2) is 5.62. The maximum atomic E-state index is 5.59. The largest absolute Gasteiger partial charge is 0.491 e. The van der Waals surface area contributed by atoms with E-state index in [1.54, 1.807) is 7.11 Å². The summed E-state index contributed by atoms with van der Waals surface area (Å²) in [6.45, 7) is 3.69. The second-order valence-corrected chi connectivity index (χ2v) is 3.16. The van der Waals surface area contributed by atoms with Crippen LogP contribution in [0.5, 0.6) is 5.75 Å². The smallest absolute Gasteiger partial charge is 0.124 e. The second-order valence-electron chi connectivity index (χ2n) is 3.16. The Balaban J connectivity index is 2.67. The normalized spacial score (nSPS) is 10.2. The molecule has 14 heavy (non-hydrogen) atoms. The summed E-state index contributed by atoms with van der Waals surface area (Å²) in [4.78, 5) is 0. The van der Waals surface area contributed by atoms with Crippen molar-refractivity contribution in [2.24, 2.45) is 5.73 Å². The molecule has 1 aromatic rings. The van der Waals surface area contributed by atoms with Crippen LogP contribution in [0.15, 0.2) is 18.2 Å². The molecule has 0 aliphatic rings. The fourth-order valence-corrected chi connectivity index (χ4v) is 1.20. The Bertz CT molecular complexity index is 287. The van der Waals surface area contributed by atoms with E-state index >= 15 is 0 Å². The lowest BCUT2D eigenvalue weighted by molar-refractivity contribution is 0.145. The van der Waals surface area contributed by atoms with Crippen molar-refractivity contribution in [2.45, 2.75) is 13.5 Å². The van der Waals surface area contributed by atoms with Gasteiger partial charge in [0, 0.05) is 19.2 Å². The number of rotatable bonds is 5. The van der Waals surface area contributed by atoms with Gasteiger partial charge in [-0.3, -0.25) is 0 Å². The molecule has 0 saturated carbocycles. The zero-order valence-corrected chi connectivity index (χ0v) is 8.75. The third-order valence-corrected chi connectivity index (χ3v) is 1.99. The quantitative estimate of drug-likeness (QED) is 0.724. The topological polar surface area (TPSA) is 44.5 Å². The Morgan fingerprint density at radius 1 is 1.29 bits per heavy atom. The lowest BCUT2D eigenvalue weighted by Gasteiger charge is -2.10. The first kappa shape index (κ1) is 11.0. The first-order valence-electron chi connectivity index (χ1n) is 4.69. The molecule has 1 rings (SSSR count). The molecule has 0 unspecified atom stereocenters. The fourth-order valence-electron chi connectivity index (χ4n) is 1.20. The van der Waals surface area contributed by atoms with Gasteiger partial charge in [0.05, 0.1) is 6.61 Å². The molecule has 0 aliphatic carbocycles. The molecule has 0 aliphatic heterocycles. The van der Waals surface area contributed by atoms with Crippen LogP contribution >= 0.6 is 0 Å². The highest BCUT2D eigenvalue weighted by Crippen LogP contribution is 2.19. The number of nitrogens with two attached hydrogens (primary N) is 1. The van der Waals surface area contributed by atoms with Crippen molar-refractivity contribution in [1.82, 2.24) is 0 Å². The van der Waals surface area contributed by atoms with Crippen molar-refractivity contribution in [3.8, 4) is 5.75 Å². The van der Waals surface area contributed by atoms with Gasteiger partial charge in [0.1, 0.15) is 12.4 Å². The van der Waals surface area contributed by atoms with E-state index < -0.39 is 0 Å². The summed E-state index contributed by atoms with van der Waals surface area (Å²) < 4.78 is 10.5. The lowest BCUT2D eigenvalue weighted by atomic mass is 10.1. The van der Waals surface area contributed by atoms with E-state index in [2.05, 4.69) is 0 Å². The van der Waals surface area contributed by atoms with Crippen molar-refractivity contribution < 1.29 is 9.47 Å². The van der Waals surface area contributed by atoms with Crippen molar-refractivity contribution in [1.29, 1.82) is 0 Å². The predicted octanol–water partition coefficient (Wildman–Crippen LogP) is 1.48. The molecular formula is C11H17NO2. The summed E-state index contributed by atoms with van der Waals surface area (Å²) in [6.07, 6.45) is 0. The van der Waals surface area contributed by atoms with E-state index in [-0.39, 0.29) is 0 Å². The number of benzene rings is 1. The molecule has 0 fully saturated rings. The molecule has 3 nitrogen and oxygen atoms in total. The Kier molecular flexibility index (Phi) is 4.43. The zero-order valence-electron chi connectivity index (χ0n) is 8.75. The average Bonchev–Trinajstić information content (AvgIpc) is 2.19. The maximum Gasteiger partial charge on any atom is 0.124 e. The summed E-state index contributed by atoms with van der Waals surface area (Å²) in [5.74, 6) is 0.865. The van der Waals surface area contributed by atoms with Gasteiger partial charge in [-0.2, -0.15) is 0 Å². The van der Waals surface area contributed by atoms with Crippen LogP contribution in [0.25, 0.3) is 0 Å². The lowest BCUT2D eigenvalue weighted by Crippen LogP contribution is -2.07. The Labute approximate surface area is 84.8 Å². The first-order valence-corrected chi connectivity index (χ1v) is 4.69. The summed E-state index contributed by atoms with van der Waals surface area (Å²) in [7, 11) is 1.66. The molecular weight excluding hydrogens is 178 g/mol. The summed E-state index contributed by atoms with van der Waals surface area (Å²) >= 11 is 0. The number of ether oxygens (including phenoxy) is 2. The highest BCUT2D eigenvalue weighted by Gasteiger charge is 2.01. The monoisotopic (exact) mass is 195 g/mol. The minimum Gasteiger partial charge on any atom is -0.491 e. The van der Waals surface area contributed by atoms with E-state index in [9.17, 15) is 0 Å². The molecule has 0 radical (unpaired) electrons. The molecule has 0 amide bonds. The van der Waals surface area contributed by atoms with E-state index in [0.29, 0.717) is 19.8 Å². The van der Waals surface area contributed by atoms with Crippen LogP contribution in [0.2, 0.25) is 0 Å². The van der Waals surface area contributed by atoms with Crippen LogP contribution in [-0.4, -0.2) is 20.3 Å². The van der Waals surface area contributed by atoms with Gasteiger partial charge in [-0.1, -0.05) is 12.1 Å².